The van der Waals surface area contributed by atoms with Gasteiger partial charge in [-0.05, 0) is 49.2 Å². The Morgan fingerprint density at radius 3 is 2.08 bits per heavy atom. The Hall–Kier alpha value is -1.59. The number of hydrogen-bond donors (Lipinski definition) is 0. The number of carbonyl (C=O) groups is 1. The molecule has 140 valence electrons. The van der Waals surface area contributed by atoms with Gasteiger partial charge in [0, 0.05) is 0 Å². The summed E-state index contributed by atoms with van der Waals surface area (Å²) in [5.41, 5.74) is 2.02. The average molecular weight is 365 g/mol. The van der Waals surface area contributed by atoms with Crippen molar-refractivity contribution >= 4 is 20.4 Å². The molecule has 1 aromatic rings. The van der Waals surface area contributed by atoms with E-state index in [1.807, 2.05) is 31.2 Å². The first-order valence-corrected chi connectivity index (χ1v) is 11.8. The minimum Gasteiger partial charge on any atom is -0.487 e. The molecule has 0 saturated heterocycles. The highest BCUT2D eigenvalue weighted by molar-refractivity contribution is 6.74. The first-order chi connectivity index (χ1) is 11.6. The SMILES string of the molecule is CCOC(=O)/C(=C\c1ccc(CO[Si](C)(C)C(C)(C)C)cc1)OCC. The molecule has 0 saturated carbocycles. The minimum atomic E-state index is -1.76. The fourth-order valence-corrected chi connectivity index (χ4v) is 2.82. The summed E-state index contributed by atoms with van der Waals surface area (Å²) in [7, 11) is -1.76. The smallest absolute Gasteiger partial charge is 0.373 e. The van der Waals surface area contributed by atoms with Crippen LogP contribution in [0.15, 0.2) is 30.0 Å². The lowest BCUT2D eigenvalue weighted by atomic mass is 10.1. The van der Waals surface area contributed by atoms with Crippen molar-refractivity contribution in [3.8, 4) is 0 Å². The second-order valence-corrected chi connectivity index (χ2v) is 12.3. The van der Waals surface area contributed by atoms with E-state index in [0.29, 0.717) is 19.8 Å². The van der Waals surface area contributed by atoms with Gasteiger partial charge in [0.2, 0.25) is 5.76 Å². The monoisotopic (exact) mass is 364 g/mol. The molecule has 0 aromatic heterocycles. The van der Waals surface area contributed by atoms with Crippen LogP contribution in [0.2, 0.25) is 18.1 Å². The summed E-state index contributed by atoms with van der Waals surface area (Å²) in [5, 5.41) is 0.196. The van der Waals surface area contributed by atoms with E-state index in [2.05, 4.69) is 33.9 Å². The molecule has 0 unspecified atom stereocenters. The normalized spacial score (nSPS) is 12.8. The molecule has 0 spiro atoms. The zero-order chi connectivity index (χ0) is 19.1. The van der Waals surface area contributed by atoms with E-state index in [1.54, 1.807) is 13.0 Å². The third-order valence-electron chi connectivity index (χ3n) is 4.46. The van der Waals surface area contributed by atoms with Gasteiger partial charge in [-0.3, -0.25) is 0 Å². The number of benzene rings is 1. The summed E-state index contributed by atoms with van der Waals surface area (Å²) in [6.07, 6.45) is 1.71. The fourth-order valence-electron chi connectivity index (χ4n) is 1.86. The van der Waals surface area contributed by atoms with E-state index in [1.165, 1.54) is 0 Å². The molecule has 25 heavy (non-hydrogen) atoms. The molecule has 5 heteroatoms. The van der Waals surface area contributed by atoms with Gasteiger partial charge in [-0.2, -0.15) is 0 Å². The predicted octanol–water partition coefficient (Wildman–Crippen LogP) is 5.15. The maximum absolute atomic E-state index is 11.9. The Morgan fingerprint density at radius 2 is 1.60 bits per heavy atom. The van der Waals surface area contributed by atoms with Crippen LogP contribution in [0.25, 0.3) is 6.08 Å². The number of rotatable bonds is 8. The lowest BCUT2D eigenvalue weighted by Crippen LogP contribution is -2.40. The highest BCUT2D eigenvalue weighted by Crippen LogP contribution is 2.37. The Labute approximate surface area is 153 Å². The first-order valence-electron chi connectivity index (χ1n) is 8.85. The van der Waals surface area contributed by atoms with E-state index in [4.69, 9.17) is 13.9 Å². The Bertz CT molecular complexity index is 583. The number of esters is 1. The van der Waals surface area contributed by atoms with E-state index < -0.39 is 14.3 Å². The zero-order valence-corrected chi connectivity index (χ0v) is 17.6. The van der Waals surface area contributed by atoms with Crippen molar-refractivity contribution in [3.05, 3.63) is 41.2 Å². The minimum absolute atomic E-state index is 0.196. The van der Waals surface area contributed by atoms with Crippen molar-refractivity contribution < 1.29 is 18.7 Å². The Morgan fingerprint density at radius 1 is 1.04 bits per heavy atom. The van der Waals surface area contributed by atoms with Gasteiger partial charge in [0.25, 0.3) is 0 Å². The Kier molecular flexibility index (Phi) is 7.89. The molecule has 0 heterocycles. The molecule has 1 rings (SSSR count). The van der Waals surface area contributed by atoms with Crippen LogP contribution in [0.1, 0.15) is 45.7 Å². The third kappa shape index (κ3) is 6.67. The topological polar surface area (TPSA) is 44.8 Å². The van der Waals surface area contributed by atoms with Gasteiger partial charge >= 0.3 is 5.97 Å². The zero-order valence-electron chi connectivity index (χ0n) is 16.6. The molecule has 0 amide bonds. The van der Waals surface area contributed by atoms with Gasteiger partial charge in [0.05, 0.1) is 19.8 Å². The van der Waals surface area contributed by atoms with Crippen LogP contribution >= 0.6 is 0 Å². The predicted molar refractivity (Wildman–Crippen MR) is 105 cm³/mol. The molecular weight excluding hydrogens is 332 g/mol. The van der Waals surface area contributed by atoms with Crippen molar-refractivity contribution in [1.29, 1.82) is 0 Å². The molecule has 1 aromatic carbocycles. The molecule has 4 nitrogen and oxygen atoms in total. The molecule has 0 aliphatic heterocycles. The van der Waals surface area contributed by atoms with E-state index >= 15 is 0 Å². The summed E-state index contributed by atoms with van der Waals surface area (Å²) < 4.78 is 16.6. The molecule has 0 aliphatic carbocycles. The molecule has 0 radical (unpaired) electrons. The van der Waals surface area contributed by atoms with Crippen molar-refractivity contribution in [2.24, 2.45) is 0 Å². The van der Waals surface area contributed by atoms with Gasteiger partial charge < -0.3 is 13.9 Å². The molecule has 0 atom stereocenters. The lowest BCUT2D eigenvalue weighted by molar-refractivity contribution is -0.142. The maximum atomic E-state index is 11.9. The van der Waals surface area contributed by atoms with Crippen molar-refractivity contribution in [2.75, 3.05) is 13.2 Å². The number of hydrogen-bond acceptors (Lipinski definition) is 4. The highest BCUT2D eigenvalue weighted by atomic mass is 28.4. The van der Waals surface area contributed by atoms with Gasteiger partial charge in [0.15, 0.2) is 8.32 Å². The third-order valence-corrected chi connectivity index (χ3v) is 8.94. The molecule has 0 fully saturated rings. The van der Waals surface area contributed by atoms with Crippen LogP contribution < -0.4 is 0 Å². The lowest BCUT2D eigenvalue weighted by Gasteiger charge is -2.36. The van der Waals surface area contributed by atoms with Crippen LogP contribution in [0.5, 0.6) is 0 Å². The first kappa shape index (κ1) is 21.4. The summed E-state index contributed by atoms with van der Waals surface area (Å²) in [6.45, 7) is 16.2. The van der Waals surface area contributed by atoms with E-state index in [9.17, 15) is 4.79 Å². The van der Waals surface area contributed by atoms with Gasteiger partial charge in [-0.15, -0.1) is 0 Å². The molecule has 0 bridgehead atoms. The van der Waals surface area contributed by atoms with Crippen LogP contribution in [0.3, 0.4) is 0 Å². The standard InChI is InChI=1S/C20H32O4Si/c1-8-22-18(19(21)23-9-2)14-16-10-12-17(13-11-16)15-24-25(6,7)20(3,4)5/h10-14H,8-9,15H2,1-7H3/b18-14+. The van der Waals surface area contributed by atoms with Crippen molar-refractivity contribution in [3.63, 3.8) is 0 Å². The van der Waals surface area contributed by atoms with Crippen LogP contribution in [0, 0.1) is 0 Å². The van der Waals surface area contributed by atoms with Gasteiger partial charge in [0.1, 0.15) is 0 Å². The van der Waals surface area contributed by atoms with Gasteiger partial charge in [-0.1, -0.05) is 45.0 Å². The van der Waals surface area contributed by atoms with E-state index in [-0.39, 0.29) is 10.8 Å². The quantitative estimate of drug-likeness (QED) is 0.277. The van der Waals surface area contributed by atoms with Crippen LogP contribution in [-0.2, 0) is 25.3 Å². The van der Waals surface area contributed by atoms with Crippen molar-refractivity contribution in [1.82, 2.24) is 0 Å². The van der Waals surface area contributed by atoms with Crippen LogP contribution in [0.4, 0.5) is 0 Å². The maximum Gasteiger partial charge on any atom is 0.373 e. The fraction of sp³-hybridized carbons (Fsp3) is 0.550. The summed E-state index contributed by atoms with van der Waals surface area (Å²) >= 11 is 0. The molecule has 0 aliphatic rings. The van der Waals surface area contributed by atoms with Gasteiger partial charge in [-0.25, -0.2) is 4.79 Å². The highest BCUT2D eigenvalue weighted by Gasteiger charge is 2.36. The second-order valence-electron chi connectivity index (χ2n) is 7.45. The summed E-state index contributed by atoms with van der Waals surface area (Å²) in [5.74, 6) is -0.204. The second kappa shape index (κ2) is 9.20. The summed E-state index contributed by atoms with van der Waals surface area (Å²) in [4.78, 5) is 11.9. The van der Waals surface area contributed by atoms with Crippen LogP contribution in [-0.4, -0.2) is 27.5 Å². The molecule has 0 N–H and O–H groups in total. The number of carbonyl (C=O) groups excluding carboxylic acids is 1. The van der Waals surface area contributed by atoms with E-state index in [0.717, 1.165) is 11.1 Å². The summed E-state index contributed by atoms with van der Waals surface area (Å²) in [6, 6.07) is 7.96. The Balaban J connectivity index is 2.81. The largest absolute Gasteiger partial charge is 0.487 e. The average Bonchev–Trinajstić information content (AvgIpc) is 2.53. The van der Waals surface area contributed by atoms with Crippen molar-refractivity contribution in [2.45, 2.75) is 59.4 Å². The molecular formula is C20H32O4Si. The number of ether oxygens (including phenoxy) is 2.